The number of fused-ring (bicyclic) bond motifs is 1. The molecule has 0 bridgehead atoms. The van der Waals surface area contributed by atoms with E-state index in [2.05, 4.69) is 15.3 Å². The Labute approximate surface area is 103 Å². The van der Waals surface area contributed by atoms with Gasteiger partial charge in [0.05, 0.1) is 17.1 Å². The molecule has 0 radical (unpaired) electrons. The highest BCUT2D eigenvalue weighted by atomic mass is 32.1. The van der Waals surface area contributed by atoms with Gasteiger partial charge in [0, 0.05) is 0 Å². The van der Waals surface area contributed by atoms with Crippen molar-refractivity contribution in [1.82, 2.24) is 10.3 Å². The number of ether oxygens (including phenoxy) is 1. The number of thiazole rings is 1. The number of hydrogen-bond acceptors (Lipinski definition) is 6. The molecule has 3 N–H and O–H groups in total. The van der Waals surface area contributed by atoms with Crippen LogP contribution < -0.4 is 11.1 Å². The van der Waals surface area contributed by atoms with E-state index in [-0.39, 0.29) is 0 Å². The zero-order valence-electron chi connectivity index (χ0n) is 9.90. The number of carbonyl (C=O) groups excluding carboxylic acids is 1. The maximum Gasteiger partial charge on any atom is 0.413 e. The van der Waals surface area contributed by atoms with Gasteiger partial charge in [-0.05, 0) is 20.8 Å². The standard InChI is InChI=1S/C10H14N4O2S/c1-10(2,3)16-9(15)14-7-6-5(4-12-7)13-8(11)17-6/h4H2,1-3H3,(H2,11,13)(H,12,14,15). The van der Waals surface area contributed by atoms with E-state index in [9.17, 15) is 4.79 Å². The maximum absolute atomic E-state index is 11.6. The molecule has 2 heterocycles. The topological polar surface area (TPSA) is 89.6 Å². The van der Waals surface area contributed by atoms with Gasteiger partial charge in [0.2, 0.25) is 0 Å². The molecule has 0 atom stereocenters. The second kappa shape index (κ2) is 3.99. The minimum Gasteiger partial charge on any atom is -0.444 e. The molecule has 0 unspecified atom stereocenters. The van der Waals surface area contributed by atoms with Crippen molar-refractivity contribution in [2.45, 2.75) is 32.9 Å². The van der Waals surface area contributed by atoms with Gasteiger partial charge in [0.1, 0.15) is 11.4 Å². The Balaban J connectivity index is 2.04. The third-order valence-corrected chi connectivity index (χ3v) is 2.87. The summed E-state index contributed by atoms with van der Waals surface area (Å²) in [4.78, 5) is 20.7. The second-order valence-electron chi connectivity index (χ2n) is 4.62. The van der Waals surface area contributed by atoms with Crippen molar-refractivity contribution in [1.29, 1.82) is 0 Å². The van der Waals surface area contributed by atoms with Crippen molar-refractivity contribution in [2.75, 3.05) is 5.73 Å². The molecule has 7 heteroatoms. The second-order valence-corrected chi connectivity index (χ2v) is 5.65. The maximum atomic E-state index is 11.6. The van der Waals surface area contributed by atoms with Crippen molar-refractivity contribution >= 4 is 28.4 Å². The normalized spacial score (nSPS) is 14.2. The molecule has 0 aliphatic carbocycles. The van der Waals surface area contributed by atoms with Gasteiger partial charge in [0.15, 0.2) is 5.13 Å². The Morgan fingerprint density at radius 3 is 2.88 bits per heavy atom. The molecule has 1 amide bonds. The monoisotopic (exact) mass is 254 g/mol. The minimum atomic E-state index is -0.529. The lowest BCUT2D eigenvalue weighted by Gasteiger charge is -2.19. The van der Waals surface area contributed by atoms with Crippen LogP contribution >= 0.6 is 11.3 Å². The summed E-state index contributed by atoms with van der Waals surface area (Å²) in [5, 5.41) is 3.09. The summed E-state index contributed by atoms with van der Waals surface area (Å²) >= 11 is 1.31. The van der Waals surface area contributed by atoms with Crippen LogP contribution in [0.1, 0.15) is 31.3 Å². The quantitative estimate of drug-likeness (QED) is 0.734. The first-order valence-electron chi connectivity index (χ1n) is 5.15. The molecule has 0 aromatic carbocycles. The fourth-order valence-corrected chi connectivity index (χ4v) is 2.19. The third kappa shape index (κ3) is 2.73. The summed E-state index contributed by atoms with van der Waals surface area (Å²) in [6, 6.07) is 0. The number of amidine groups is 1. The minimum absolute atomic E-state index is 0.453. The Hall–Kier alpha value is -1.63. The molecular weight excluding hydrogens is 240 g/mol. The van der Waals surface area contributed by atoms with Gasteiger partial charge in [0.25, 0.3) is 0 Å². The smallest absolute Gasteiger partial charge is 0.413 e. The van der Waals surface area contributed by atoms with Gasteiger partial charge in [-0.15, -0.1) is 0 Å². The summed E-state index contributed by atoms with van der Waals surface area (Å²) in [6.45, 7) is 5.87. The molecule has 6 nitrogen and oxygen atoms in total. The zero-order chi connectivity index (χ0) is 12.6. The van der Waals surface area contributed by atoms with Crippen molar-refractivity contribution in [3.05, 3.63) is 10.6 Å². The molecular formula is C10H14N4O2S. The number of nitrogens with zero attached hydrogens (tertiary/aromatic N) is 2. The zero-order valence-corrected chi connectivity index (χ0v) is 10.7. The first-order valence-corrected chi connectivity index (χ1v) is 5.97. The summed E-state index contributed by atoms with van der Waals surface area (Å²) in [6.07, 6.45) is -0.518. The van der Waals surface area contributed by atoms with Crippen molar-refractivity contribution in [2.24, 2.45) is 4.99 Å². The van der Waals surface area contributed by atoms with Gasteiger partial charge in [-0.3, -0.25) is 10.3 Å². The van der Waals surface area contributed by atoms with E-state index >= 15 is 0 Å². The molecule has 2 rings (SSSR count). The first-order chi connectivity index (χ1) is 7.85. The van der Waals surface area contributed by atoms with Gasteiger partial charge < -0.3 is 10.5 Å². The predicted molar refractivity (Wildman–Crippen MR) is 66.1 cm³/mol. The largest absolute Gasteiger partial charge is 0.444 e. The molecule has 0 saturated heterocycles. The molecule has 1 aliphatic rings. The average Bonchev–Trinajstić information content (AvgIpc) is 2.63. The first kappa shape index (κ1) is 11.8. The van der Waals surface area contributed by atoms with Gasteiger partial charge in [-0.2, -0.15) is 0 Å². The highest BCUT2D eigenvalue weighted by Gasteiger charge is 2.24. The molecule has 0 spiro atoms. The molecule has 1 aromatic heterocycles. The molecule has 1 aromatic rings. The predicted octanol–water partition coefficient (Wildman–Crippen LogP) is 1.51. The van der Waals surface area contributed by atoms with E-state index in [4.69, 9.17) is 10.5 Å². The van der Waals surface area contributed by atoms with E-state index < -0.39 is 11.7 Å². The SMILES string of the molecule is CC(C)(C)OC(=O)NC1=NCc2nc(N)sc21. The molecule has 0 saturated carbocycles. The van der Waals surface area contributed by atoms with Crippen LogP contribution in [-0.2, 0) is 11.3 Å². The lowest BCUT2D eigenvalue weighted by atomic mass is 10.2. The number of aliphatic imine (C=N–C) groups is 1. The Kier molecular flexibility index (Phi) is 2.78. The van der Waals surface area contributed by atoms with E-state index in [1.54, 1.807) is 20.8 Å². The van der Waals surface area contributed by atoms with Crippen molar-refractivity contribution < 1.29 is 9.53 Å². The van der Waals surface area contributed by atoms with Crippen LogP contribution in [0.25, 0.3) is 0 Å². The van der Waals surface area contributed by atoms with Crippen LogP contribution in [0.5, 0.6) is 0 Å². The number of nitrogens with two attached hydrogens (primary N) is 1. The number of nitrogen functional groups attached to an aromatic ring is 1. The van der Waals surface area contributed by atoms with Crippen molar-refractivity contribution in [3.63, 3.8) is 0 Å². The number of anilines is 1. The van der Waals surface area contributed by atoms with Crippen LogP contribution in [0.4, 0.5) is 9.93 Å². The summed E-state index contributed by atoms with van der Waals surface area (Å²) in [5.41, 5.74) is 5.87. The summed E-state index contributed by atoms with van der Waals surface area (Å²) in [5.74, 6) is 0.489. The van der Waals surface area contributed by atoms with Gasteiger partial charge in [-0.25, -0.2) is 9.78 Å². The Morgan fingerprint density at radius 1 is 1.53 bits per heavy atom. The van der Waals surface area contributed by atoms with E-state index in [1.165, 1.54) is 11.3 Å². The number of carbonyl (C=O) groups is 1. The van der Waals surface area contributed by atoms with E-state index in [0.29, 0.717) is 17.5 Å². The van der Waals surface area contributed by atoms with E-state index in [0.717, 1.165) is 10.6 Å². The van der Waals surface area contributed by atoms with Crippen LogP contribution in [0.15, 0.2) is 4.99 Å². The third-order valence-electron chi connectivity index (χ3n) is 1.94. The molecule has 0 fully saturated rings. The fraction of sp³-hybridized carbons (Fsp3) is 0.500. The Morgan fingerprint density at radius 2 is 2.24 bits per heavy atom. The molecule has 92 valence electrons. The van der Waals surface area contributed by atoms with Gasteiger partial charge in [-0.1, -0.05) is 11.3 Å². The van der Waals surface area contributed by atoms with Crippen LogP contribution in [0, 0.1) is 0 Å². The van der Waals surface area contributed by atoms with Crippen LogP contribution in [0.2, 0.25) is 0 Å². The Bertz CT molecular complexity index is 487. The average molecular weight is 254 g/mol. The van der Waals surface area contributed by atoms with Crippen LogP contribution in [-0.4, -0.2) is 22.5 Å². The molecule has 17 heavy (non-hydrogen) atoms. The number of alkyl carbamates (subject to hydrolysis) is 1. The molecule has 1 aliphatic heterocycles. The number of aromatic nitrogens is 1. The fourth-order valence-electron chi connectivity index (χ4n) is 1.38. The summed E-state index contributed by atoms with van der Waals surface area (Å²) in [7, 11) is 0. The number of amides is 1. The lowest BCUT2D eigenvalue weighted by molar-refractivity contribution is 0.0563. The van der Waals surface area contributed by atoms with Crippen molar-refractivity contribution in [3.8, 4) is 0 Å². The number of rotatable bonds is 0. The van der Waals surface area contributed by atoms with E-state index in [1.807, 2.05) is 0 Å². The lowest BCUT2D eigenvalue weighted by Crippen LogP contribution is -2.36. The highest BCUT2D eigenvalue weighted by Crippen LogP contribution is 2.25. The number of nitrogens with one attached hydrogen (secondary N) is 1. The van der Waals surface area contributed by atoms with Gasteiger partial charge >= 0.3 is 6.09 Å². The van der Waals surface area contributed by atoms with Crippen LogP contribution in [0.3, 0.4) is 0 Å². The summed E-state index contributed by atoms with van der Waals surface area (Å²) < 4.78 is 5.14. The highest BCUT2D eigenvalue weighted by molar-refractivity contribution is 7.17. The number of hydrogen-bond donors (Lipinski definition) is 2.